The third-order valence-corrected chi connectivity index (χ3v) is 6.02. The highest BCUT2D eigenvalue weighted by molar-refractivity contribution is 5.64. The van der Waals surface area contributed by atoms with E-state index in [0.29, 0.717) is 12.3 Å². The van der Waals surface area contributed by atoms with Gasteiger partial charge in [0.2, 0.25) is 0 Å². The number of halogens is 2. The van der Waals surface area contributed by atoms with Crippen LogP contribution in [-0.2, 0) is 6.42 Å². The SMILES string of the molecule is N#Cc1ccc(-c2ccc(CCC3CCC(/C=C/CCCF)CC3)cc2)cc1F. The molecule has 1 aliphatic rings. The van der Waals surface area contributed by atoms with Crippen LogP contribution in [0.5, 0.6) is 0 Å². The van der Waals surface area contributed by atoms with Gasteiger partial charge in [0.15, 0.2) is 0 Å². The second-order valence-corrected chi connectivity index (χ2v) is 8.08. The van der Waals surface area contributed by atoms with Crippen LogP contribution < -0.4 is 0 Å². The summed E-state index contributed by atoms with van der Waals surface area (Å²) in [5, 5.41) is 8.85. The molecule has 1 saturated carbocycles. The van der Waals surface area contributed by atoms with Crippen LogP contribution in [0.4, 0.5) is 8.78 Å². The van der Waals surface area contributed by atoms with Crippen molar-refractivity contribution in [3.8, 4) is 17.2 Å². The van der Waals surface area contributed by atoms with Gasteiger partial charge in [0, 0.05) is 0 Å². The molecule has 0 atom stereocenters. The fourth-order valence-corrected chi connectivity index (χ4v) is 4.17. The van der Waals surface area contributed by atoms with Crippen molar-refractivity contribution in [1.82, 2.24) is 0 Å². The maximum absolute atomic E-state index is 13.8. The van der Waals surface area contributed by atoms with E-state index in [2.05, 4.69) is 24.3 Å². The molecule has 0 aromatic heterocycles. The minimum Gasteiger partial charge on any atom is -0.251 e. The lowest BCUT2D eigenvalue weighted by molar-refractivity contribution is 0.296. The van der Waals surface area contributed by atoms with Crippen LogP contribution in [0.3, 0.4) is 0 Å². The fraction of sp³-hybridized carbons (Fsp3) is 0.423. The van der Waals surface area contributed by atoms with Crippen molar-refractivity contribution < 1.29 is 8.78 Å². The lowest BCUT2D eigenvalue weighted by atomic mass is 9.79. The predicted molar refractivity (Wildman–Crippen MR) is 115 cm³/mol. The van der Waals surface area contributed by atoms with Crippen LogP contribution in [0, 0.1) is 29.0 Å². The molecule has 0 saturated heterocycles. The van der Waals surface area contributed by atoms with Gasteiger partial charge < -0.3 is 0 Å². The first-order chi connectivity index (χ1) is 14.2. The molecule has 1 fully saturated rings. The zero-order chi connectivity index (χ0) is 20.5. The molecule has 29 heavy (non-hydrogen) atoms. The van der Waals surface area contributed by atoms with Crippen molar-refractivity contribution in [2.75, 3.05) is 6.67 Å². The summed E-state index contributed by atoms with van der Waals surface area (Å²) in [6.45, 7) is -0.220. The molecule has 2 aromatic carbocycles. The topological polar surface area (TPSA) is 23.8 Å². The maximum atomic E-state index is 13.8. The molecule has 0 radical (unpaired) electrons. The van der Waals surface area contributed by atoms with Crippen molar-refractivity contribution in [1.29, 1.82) is 5.26 Å². The summed E-state index contributed by atoms with van der Waals surface area (Å²) in [6, 6.07) is 14.9. The van der Waals surface area contributed by atoms with E-state index in [-0.39, 0.29) is 12.2 Å². The zero-order valence-electron chi connectivity index (χ0n) is 16.9. The number of alkyl halides is 1. The van der Waals surface area contributed by atoms with Gasteiger partial charge >= 0.3 is 0 Å². The Hall–Kier alpha value is -2.47. The Morgan fingerprint density at radius 3 is 2.38 bits per heavy atom. The Morgan fingerprint density at radius 2 is 1.72 bits per heavy atom. The number of nitrogens with zero attached hydrogens (tertiary/aromatic N) is 1. The van der Waals surface area contributed by atoms with E-state index in [4.69, 9.17) is 5.26 Å². The van der Waals surface area contributed by atoms with Gasteiger partial charge in [-0.25, -0.2) is 4.39 Å². The molecule has 3 rings (SSSR count). The summed E-state index contributed by atoms with van der Waals surface area (Å²) in [4.78, 5) is 0. The average Bonchev–Trinajstić information content (AvgIpc) is 2.76. The third-order valence-electron chi connectivity index (χ3n) is 6.02. The smallest absolute Gasteiger partial charge is 0.141 e. The molecular weight excluding hydrogens is 364 g/mol. The highest BCUT2D eigenvalue weighted by Gasteiger charge is 2.19. The van der Waals surface area contributed by atoms with E-state index >= 15 is 0 Å². The first-order valence-corrected chi connectivity index (χ1v) is 10.7. The van der Waals surface area contributed by atoms with E-state index in [9.17, 15) is 8.78 Å². The number of rotatable bonds is 8. The fourth-order valence-electron chi connectivity index (χ4n) is 4.17. The van der Waals surface area contributed by atoms with Crippen LogP contribution >= 0.6 is 0 Å². The second-order valence-electron chi connectivity index (χ2n) is 8.08. The van der Waals surface area contributed by atoms with Crippen LogP contribution in [-0.4, -0.2) is 6.67 Å². The first kappa shape index (κ1) is 21.2. The number of hydrogen-bond donors (Lipinski definition) is 0. The number of unbranched alkanes of at least 4 members (excludes halogenated alkanes) is 1. The second kappa shape index (κ2) is 10.9. The van der Waals surface area contributed by atoms with Crippen LogP contribution in [0.2, 0.25) is 0 Å². The Morgan fingerprint density at radius 1 is 1.00 bits per heavy atom. The lowest BCUT2D eigenvalue weighted by Crippen LogP contribution is -2.13. The van der Waals surface area contributed by atoms with Gasteiger partial charge in [-0.2, -0.15) is 5.26 Å². The summed E-state index contributed by atoms with van der Waals surface area (Å²) in [5.41, 5.74) is 3.16. The Kier molecular flexibility index (Phi) is 7.99. The van der Waals surface area contributed by atoms with E-state index in [1.54, 1.807) is 6.07 Å². The molecule has 1 nitrogen and oxygen atoms in total. The number of allylic oxidation sites excluding steroid dienone is 2. The van der Waals surface area contributed by atoms with E-state index < -0.39 is 5.82 Å². The van der Waals surface area contributed by atoms with Gasteiger partial charge in [0.25, 0.3) is 0 Å². The number of nitriles is 1. The van der Waals surface area contributed by atoms with E-state index in [0.717, 1.165) is 29.9 Å². The van der Waals surface area contributed by atoms with Crippen LogP contribution in [0.15, 0.2) is 54.6 Å². The molecule has 2 aromatic rings. The summed E-state index contributed by atoms with van der Waals surface area (Å²) in [5.74, 6) is 0.998. The van der Waals surface area contributed by atoms with Crippen LogP contribution in [0.1, 0.15) is 56.1 Å². The molecule has 0 spiro atoms. The third kappa shape index (κ3) is 6.26. The normalized spacial score (nSPS) is 19.3. The standard InChI is InChI=1S/C26H29F2N/c27-17-3-1-2-4-20-5-7-21(8-6-20)9-10-22-11-13-23(14-12-22)24-15-16-25(19-29)26(28)18-24/h2,4,11-16,18,20-21H,1,3,5-10,17H2/b4-2+. The summed E-state index contributed by atoms with van der Waals surface area (Å²) in [6.07, 6.45) is 13.3. The Bertz CT molecular complexity index is 840. The van der Waals surface area contributed by atoms with Gasteiger partial charge in [-0.3, -0.25) is 4.39 Å². The molecule has 1 aliphatic carbocycles. The molecule has 152 valence electrons. The average molecular weight is 394 g/mol. The van der Waals surface area contributed by atoms with Crippen molar-refractivity contribution >= 4 is 0 Å². The molecule has 0 N–H and O–H groups in total. The monoisotopic (exact) mass is 393 g/mol. The van der Waals surface area contributed by atoms with Crippen molar-refractivity contribution in [3.63, 3.8) is 0 Å². The Balaban J connectivity index is 1.46. The van der Waals surface area contributed by atoms with Gasteiger partial charge in [0.05, 0.1) is 12.2 Å². The van der Waals surface area contributed by atoms with Crippen molar-refractivity contribution in [2.45, 2.75) is 51.4 Å². The molecule has 0 amide bonds. The largest absolute Gasteiger partial charge is 0.251 e. The van der Waals surface area contributed by atoms with Crippen molar-refractivity contribution in [3.05, 3.63) is 71.6 Å². The number of benzene rings is 2. The summed E-state index contributed by atoms with van der Waals surface area (Å²) in [7, 11) is 0. The summed E-state index contributed by atoms with van der Waals surface area (Å²) >= 11 is 0. The van der Waals surface area contributed by atoms with Gasteiger partial charge in [-0.15, -0.1) is 0 Å². The molecule has 0 aliphatic heterocycles. The molecule has 3 heteroatoms. The molecule has 0 unspecified atom stereocenters. The molecule has 0 bridgehead atoms. The van der Waals surface area contributed by atoms with Gasteiger partial charge in [-0.1, -0.05) is 42.5 Å². The minimum atomic E-state index is -0.470. The summed E-state index contributed by atoms with van der Waals surface area (Å²) < 4.78 is 26.0. The lowest BCUT2D eigenvalue weighted by Gasteiger charge is -2.26. The van der Waals surface area contributed by atoms with Crippen LogP contribution in [0.25, 0.3) is 11.1 Å². The zero-order valence-corrected chi connectivity index (χ0v) is 16.9. The number of hydrogen-bond acceptors (Lipinski definition) is 1. The maximum Gasteiger partial charge on any atom is 0.141 e. The predicted octanol–water partition coefficient (Wildman–Crippen LogP) is 7.41. The van der Waals surface area contributed by atoms with Gasteiger partial charge in [0.1, 0.15) is 11.9 Å². The quantitative estimate of drug-likeness (QED) is 0.338. The highest BCUT2D eigenvalue weighted by atomic mass is 19.1. The van der Waals surface area contributed by atoms with E-state index in [1.807, 2.05) is 18.2 Å². The Labute approximate surface area is 173 Å². The van der Waals surface area contributed by atoms with Crippen molar-refractivity contribution in [2.24, 2.45) is 11.8 Å². The minimum absolute atomic E-state index is 0.0790. The molecular formula is C26H29F2N. The van der Waals surface area contributed by atoms with E-state index in [1.165, 1.54) is 49.8 Å². The molecule has 0 heterocycles. The van der Waals surface area contributed by atoms with Gasteiger partial charge in [-0.05, 0) is 92.0 Å². The highest BCUT2D eigenvalue weighted by Crippen LogP contribution is 2.32. The number of aryl methyl sites for hydroxylation is 1. The first-order valence-electron chi connectivity index (χ1n) is 10.7.